The van der Waals surface area contributed by atoms with Crippen molar-refractivity contribution in [3.63, 3.8) is 0 Å². The Morgan fingerprint density at radius 3 is 2.86 bits per heavy atom. The molecule has 2 rings (SSSR count). The number of nitrogens with two attached hydrogens (primary N) is 1. The Labute approximate surface area is 77.8 Å². The molecule has 0 aliphatic heterocycles. The number of nitriles is 1. The van der Waals surface area contributed by atoms with Crippen LogP contribution in [0.25, 0.3) is 5.52 Å². The Kier molecular flexibility index (Phi) is 1.57. The molecule has 0 aliphatic rings. The largest absolute Gasteiger partial charge is 0.382 e. The standard InChI is InChI=1S/C7H5FN6/c1-3-11-7(10)5-4(2-9)6(8)13-14(5)12-3/h1H3,(H2,10,11,12). The van der Waals surface area contributed by atoms with Gasteiger partial charge in [0.15, 0.2) is 11.3 Å². The highest BCUT2D eigenvalue weighted by molar-refractivity contribution is 5.72. The summed E-state index contributed by atoms with van der Waals surface area (Å²) in [5, 5.41) is 15.8. The van der Waals surface area contributed by atoms with E-state index in [2.05, 4.69) is 15.2 Å². The van der Waals surface area contributed by atoms with Gasteiger partial charge in [-0.15, -0.1) is 14.8 Å². The summed E-state index contributed by atoms with van der Waals surface area (Å²) in [6.45, 7) is 1.60. The van der Waals surface area contributed by atoms with Crippen molar-refractivity contribution in [2.24, 2.45) is 0 Å². The molecule has 0 radical (unpaired) electrons. The third-order valence-electron chi connectivity index (χ3n) is 1.70. The number of nitrogens with zero attached hydrogens (tertiary/aromatic N) is 5. The van der Waals surface area contributed by atoms with E-state index in [1.807, 2.05) is 0 Å². The smallest absolute Gasteiger partial charge is 0.253 e. The van der Waals surface area contributed by atoms with Gasteiger partial charge in [-0.3, -0.25) is 0 Å². The molecule has 14 heavy (non-hydrogen) atoms. The highest BCUT2D eigenvalue weighted by Crippen LogP contribution is 2.17. The zero-order chi connectivity index (χ0) is 10.3. The van der Waals surface area contributed by atoms with E-state index in [0.717, 1.165) is 4.63 Å². The van der Waals surface area contributed by atoms with Crippen LogP contribution in [0.3, 0.4) is 0 Å². The van der Waals surface area contributed by atoms with Gasteiger partial charge in [-0.25, -0.2) is 4.98 Å². The van der Waals surface area contributed by atoms with Gasteiger partial charge in [-0.2, -0.15) is 9.65 Å². The number of aromatic nitrogens is 4. The zero-order valence-electron chi connectivity index (χ0n) is 7.19. The van der Waals surface area contributed by atoms with Crippen molar-refractivity contribution in [1.29, 1.82) is 5.26 Å². The molecule has 0 spiro atoms. The minimum atomic E-state index is -0.890. The highest BCUT2D eigenvalue weighted by atomic mass is 19.1. The maximum absolute atomic E-state index is 13.0. The van der Waals surface area contributed by atoms with Crippen LogP contribution in [-0.2, 0) is 0 Å². The third kappa shape index (κ3) is 0.974. The van der Waals surface area contributed by atoms with Crippen LogP contribution >= 0.6 is 0 Å². The average Bonchev–Trinajstić information content (AvgIpc) is 2.40. The molecule has 0 atom stereocenters. The minimum Gasteiger partial charge on any atom is -0.382 e. The second-order valence-corrected chi connectivity index (χ2v) is 2.66. The monoisotopic (exact) mass is 192 g/mol. The van der Waals surface area contributed by atoms with Crippen LogP contribution < -0.4 is 5.73 Å². The maximum atomic E-state index is 13.0. The molecule has 2 aromatic heterocycles. The zero-order valence-corrected chi connectivity index (χ0v) is 7.19. The average molecular weight is 192 g/mol. The van der Waals surface area contributed by atoms with Gasteiger partial charge in [0.25, 0.3) is 5.95 Å². The summed E-state index contributed by atoms with van der Waals surface area (Å²) in [7, 11) is 0. The molecular weight excluding hydrogens is 187 g/mol. The highest BCUT2D eigenvalue weighted by Gasteiger charge is 2.16. The predicted octanol–water partition coefficient (Wildman–Crippen LogP) is 0.0257. The second kappa shape index (κ2) is 2.63. The molecule has 2 N–H and O–H groups in total. The van der Waals surface area contributed by atoms with Crippen molar-refractivity contribution in [3.05, 3.63) is 17.3 Å². The molecule has 0 aromatic carbocycles. The lowest BCUT2D eigenvalue weighted by Crippen LogP contribution is -2.04. The van der Waals surface area contributed by atoms with E-state index >= 15 is 0 Å². The quantitative estimate of drug-likeness (QED) is 0.635. The van der Waals surface area contributed by atoms with E-state index in [4.69, 9.17) is 11.0 Å². The van der Waals surface area contributed by atoms with Gasteiger partial charge in [0, 0.05) is 0 Å². The van der Waals surface area contributed by atoms with Gasteiger partial charge in [0.2, 0.25) is 0 Å². The Morgan fingerprint density at radius 2 is 2.21 bits per heavy atom. The molecule has 0 unspecified atom stereocenters. The van der Waals surface area contributed by atoms with Gasteiger partial charge < -0.3 is 5.73 Å². The number of halogens is 1. The van der Waals surface area contributed by atoms with Gasteiger partial charge in [0.05, 0.1) is 0 Å². The van der Waals surface area contributed by atoms with E-state index in [9.17, 15) is 4.39 Å². The maximum Gasteiger partial charge on any atom is 0.253 e. The number of hydrogen-bond donors (Lipinski definition) is 1. The molecule has 7 heteroatoms. The SMILES string of the molecule is Cc1nc(N)c2c(C#N)c(F)nn2n1. The Hall–Kier alpha value is -2.23. The lowest BCUT2D eigenvalue weighted by atomic mass is 10.3. The number of nitrogen functional groups attached to an aromatic ring is 1. The van der Waals surface area contributed by atoms with Crippen LogP contribution in [0.5, 0.6) is 0 Å². The van der Waals surface area contributed by atoms with Crippen LogP contribution in [0.15, 0.2) is 0 Å². The molecule has 6 nitrogen and oxygen atoms in total. The van der Waals surface area contributed by atoms with E-state index < -0.39 is 5.95 Å². The molecule has 70 valence electrons. The van der Waals surface area contributed by atoms with Gasteiger partial charge in [-0.05, 0) is 6.92 Å². The van der Waals surface area contributed by atoms with Crippen LogP contribution in [0.4, 0.5) is 10.2 Å². The van der Waals surface area contributed by atoms with E-state index in [1.165, 1.54) is 0 Å². The summed E-state index contributed by atoms with van der Waals surface area (Å²) in [5.74, 6) is -0.480. The molecule has 0 saturated carbocycles. The first kappa shape index (κ1) is 8.37. The summed E-state index contributed by atoms with van der Waals surface area (Å²) in [6.07, 6.45) is 0. The Bertz CT molecular complexity index is 551. The molecule has 2 aromatic rings. The van der Waals surface area contributed by atoms with Gasteiger partial charge in [0.1, 0.15) is 17.5 Å². The molecular formula is C7H5FN6. The molecule has 0 aliphatic carbocycles. The first-order valence-corrected chi connectivity index (χ1v) is 3.72. The van der Waals surface area contributed by atoms with E-state index in [-0.39, 0.29) is 16.9 Å². The van der Waals surface area contributed by atoms with Gasteiger partial charge >= 0.3 is 0 Å². The van der Waals surface area contributed by atoms with Crippen molar-refractivity contribution in [1.82, 2.24) is 19.8 Å². The van der Waals surface area contributed by atoms with Crippen molar-refractivity contribution in [2.45, 2.75) is 6.92 Å². The van der Waals surface area contributed by atoms with Crippen molar-refractivity contribution in [2.75, 3.05) is 5.73 Å². The van der Waals surface area contributed by atoms with Crippen LogP contribution in [0.1, 0.15) is 11.4 Å². The predicted molar refractivity (Wildman–Crippen MR) is 44.6 cm³/mol. The van der Waals surface area contributed by atoms with Crippen molar-refractivity contribution >= 4 is 11.3 Å². The molecule has 2 heterocycles. The van der Waals surface area contributed by atoms with Crippen LogP contribution in [0, 0.1) is 24.2 Å². The van der Waals surface area contributed by atoms with Crippen LogP contribution in [-0.4, -0.2) is 19.8 Å². The summed E-state index contributed by atoms with van der Waals surface area (Å²) in [4.78, 5) is 3.81. The number of aryl methyl sites for hydroxylation is 1. The molecule has 0 amide bonds. The fourth-order valence-electron chi connectivity index (χ4n) is 1.17. The van der Waals surface area contributed by atoms with E-state index in [0.29, 0.717) is 5.82 Å². The second-order valence-electron chi connectivity index (χ2n) is 2.66. The third-order valence-corrected chi connectivity index (χ3v) is 1.70. The van der Waals surface area contributed by atoms with E-state index in [1.54, 1.807) is 13.0 Å². The number of hydrogen-bond acceptors (Lipinski definition) is 5. The lowest BCUT2D eigenvalue weighted by Gasteiger charge is -1.97. The summed E-state index contributed by atoms with van der Waals surface area (Å²) in [6, 6.07) is 1.66. The van der Waals surface area contributed by atoms with Crippen molar-refractivity contribution < 1.29 is 4.39 Å². The molecule has 0 fully saturated rings. The minimum absolute atomic E-state index is 0.0467. The summed E-state index contributed by atoms with van der Waals surface area (Å²) >= 11 is 0. The first-order valence-electron chi connectivity index (χ1n) is 3.72. The number of fused-ring (bicyclic) bond motifs is 1. The topological polar surface area (TPSA) is 92.9 Å². The van der Waals surface area contributed by atoms with Crippen molar-refractivity contribution in [3.8, 4) is 6.07 Å². The Balaban J connectivity index is 2.97. The number of rotatable bonds is 0. The molecule has 0 bridgehead atoms. The van der Waals surface area contributed by atoms with Crippen LogP contribution in [0.2, 0.25) is 0 Å². The Morgan fingerprint density at radius 1 is 1.50 bits per heavy atom. The van der Waals surface area contributed by atoms with Gasteiger partial charge in [-0.1, -0.05) is 0 Å². The first-order chi connectivity index (χ1) is 6.63. The fourth-order valence-corrected chi connectivity index (χ4v) is 1.17. The lowest BCUT2D eigenvalue weighted by molar-refractivity contribution is 0.554. The summed E-state index contributed by atoms with van der Waals surface area (Å²) < 4.78 is 14.0. The summed E-state index contributed by atoms with van der Waals surface area (Å²) in [5.41, 5.74) is 5.39. The fraction of sp³-hybridized carbons (Fsp3) is 0.143. The molecule has 0 saturated heterocycles. The number of anilines is 1. The normalized spacial score (nSPS) is 10.4.